The molecule has 0 bridgehead atoms. The van der Waals surface area contributed by atoms with E-state index in [-0.39, 0.29) is 49.8 Å². The van der Waals surface area contributed by atoms with Crippen LogP contribution >= 0.6 is 24.0 Å². The molecule has 1 atom stereocenters. The molecule has 1 aromatic carbocycles. The van der Waals surface area contributed by atoms with Gasteiger partial charge in [0.2, 0.25) is 0 Å². The number of thioether (sulfide) groups is 1. The van der Waals surface area contributed by atoms with Gasteiger partial charge < -0.3 is 14.8 Å². The van der Waals surface area contributed by atoms with Crippen molar-refractivity contribution in [3.63, 3.8) is 0 Å². The van der Waals surface area contributed by atoms with Gasteiger partial charge >= 0.3 is 6.18 Å². The van der Waals surface area contributed by atoms with Crippen LogP contribution in [-0.2, 0) is 15.7 Å². The topological polar surface area (TPSA) is 84.2 Å². The number of carbonyl (C=O) groups is 1. The summed E-state index contributed by atoms with van der Waals surface area (Å²) < 4.78 is 53.1. The summed E-state index contributed by atoms with van der Waals surface area (Å²) in [7, 11) is 0. The van der Waals surface area contributed by atoms with E-state index >= 15 is 0 Å². The van der Waals surface area contributed by atoms with Crippen molar-refractivity contribution in [2.45, 2.75) is 64.3 Å². The van der Waals surface area contributed by atoms with Gasteiger partial charge in [-0.2, -0.15) is 18.4 Å². The van der Waals surface area contributed by atoms with E-state index in [0.717, 1.165) is 55.8 Å². The second-order valence-corrected chi connectivity index (χ2v) is 10.5. The van der Waals surface area contributed by atoms with Crippen LogP contribution in [0, 0.1) is 11.3 Å². The van der Waals surface area contributed by atoms with Crippen LogP contribution in [-0.4, -0.2) is 27.4 Å². The van der Waals surface area contributed by atoms with Crippen LogP contribution in [0.2, 0.25) is 0 Å². The molecule has 2 fully saturated rings. The van der Waals surface area contributed by atoms with Crippen LogP contribution in [0.25, 0.3) is 17.0 Å². The lowest BCUT2D eigenvalue weighted by Gasteiger charge is -2.21. The van der Waals surface area contributed by atoms with Crippen LogP contribution < -0.4 is 10.1 Å². The van der Waals surface area contributed by atoms with Gasteiger partial charge in [0.15, 0.2) is 0 Å². The van der Waals surface area contributed by atoms with Crippen LogP contribution in [0.5, 0.6) is 5.75 Å². The molecule has 11 heteroatoms. The van der Waals surface area contributed by atoms with Gasteiger partial charge in [0.25, 0.3) is 5.91 Å². The second kappa shape index (κ2) is 11.1. The Morgan fingerprint density at radius 3 is 2.65 bits per heavy atom. The number of ether oxygens (including phenoxy) is 2. The van der Waals surface area contributed by atoms with Crippen LogP contribution in [0.1, 0.15) is 62.6 Å². The zero-order valence-electron chi connectivity index (χ0n) is 20.1. The third kappa shape index (κ3) is 6.08. The minimum absolute atomic E-state index is 0.0450. The molecule has 1 saturated carbocycles. The summed E-state index contributed by atoms with van der Waals surface area (Å²) in [6, 6.07) is 6.98. The number of nitrogens with one attached hydrogen (secondary N) is 1. The monoisotopic (exact) mass is 547 g/mol. The Bertz CT molecular complexity index is 1300. The normalized spacial score (nSPS) is 18.4. The molecule has 1 aliphatic heterocycles. The van der Waals surface area contributed by atoms with Gasteiger partial charge in [-0.1, -0.05) is 30.9 Å². The second-order valence-electron chi connectivity index (χ2n) is 8.80. The lowest BCUT2D eigenvalue weighted by Crippen LogP contribution is -2.19. The maximum absolute atomic E-state index is 13.5. The number of rotatable bonds is 7. The van der Waals surface area contributed by atoms with E-state index in [1.807, 2.05) is 13.8 Å². The number of alkyl halides is 3. The molecule has 1 aliphatic carbocycles. The molecule has 2 aliphatic rings. The van der Waals surface area contributed by atoms with E-state index in [4.69, 9.17) is 21.7 Å². The number of amides is 1. The molecule has 1 amide bonds. The summed E-state index contributed by atoms with van der Waals surface area (Å²) in [6.07, 6.45) is 0.250. The fourth-order valence-corrected chi connectivity index (χ4v) is 5.17. The first-order valence-corrected chi connectivity index (χ1v) is 13.1. The van der Waals surface area contributed by atoms with Crippen LogP contribution in [0.4, 0.5) is 13.2 Å². The quantitative estimate of drug-likeness (QED) is 0.238. The van der Waals surface area contributed by atoms with E-state index in [1.165, 1.54) is 6.07 Å². The Hall–Kier alpha value is -3.10. The van der Waals surface area contributed by atoms with Gasteiger partial charge in [0, 0.05) is 17.3 Å². The van der Waals surface area contributed by atoms with E-state index in [1.54, 1.807) is 6.07 Å². The Balaban J connectivity index is 1.95. The lowest BCUT2D eigenvalue weighted by molar-refractivity contribution is -0.137. The Kier molecular flexibility index (Phi) is 8.09. The number of aromatic nitrogens is 1. The number of hydrogen-bond donors (Lipinski definition) is 1. The first-order chi connectivity index (χ1) is 17.6. The summed E-state index contributed by atoms with van der Waals surface area (Å²) in [5.41, 5.74) is -0.346. The van der Waals surface area contributed by atoms with E-state index in [0.29, 0.717) is 12.0 Å². The summed E-state index contributed by atoms with van der Waals surface area (Å²) in [5.74, 6) is -0.0155. The SMILES string of the molecule is CC[C@@H](C)O/C(=C1/SC(=S)NC1=O)c1cc(OC2CCCC2)c(C#N)c(-c2cc(C(F)(F)F)ccn2)c1. The predicted molar refractivity (Wildman–Crippen MR) is 138 cm³/mol. The van der Waals surface area contributed by atoms with E-state index in [9.17, 15) is 23.2 Å². The Morgan fingerprint density at radius 2 is 2.05 bits per heavy atom. The highest BCUT2D eigenvalue weighted by Crippen LogP contribution is 2.41. The van der Waals surface area contributed by atoms with Gasteiger partial charge in [0.05, 0.1) is 23.5 Å². The molecule has 194 valence electrons. The number of pyridine rings is 1. The third-order valence-corrected chi connectivity index (χ3v) is 7.37. The largest absolute Gasteiger partial charge is 0.489 e. The van der Waals surface area contributed by atoms with Crippen molar-refractivity contribution in [3.05, 3.63) is 52.1 Å². The highest BCUT2D eigenvalue weighted by molar-refractivity contribution is 8.26. The number of nitrogens with zero attached hydrogens (tertiary/aromatic N) is 2. The van der Waals surface area contributed by atoms with Gasteiger partial charge in [-0.25, -0.2) is 0 Å². The summed E-state index contributed by atoms with van der Waals surface area (Å²) in [5, 5.41) is 12.6. The molecular weight excluding hydrogens is 523 g/mol. The first kappa shape index (κ1) is 26.9. The van der Waals surface area contributed by atoms with Crippen molar-refractivity contribution in [3.8, 4) is 23.1 Å². The molecule has 0 radical (unpaired) electrons. The summed E-state index contributed by atoms with van der Waals surface area (Å²) in [6.45, 7) is 3.76. The molecular formula is C26H24F3N3O3S2. The average Bonchev–Trinajstić information content (AvgIpc) is 3.50. The number of carbonyl (C=O) groups excluding carboxylic acids is 1. The molecule has 2 heterocycles. The zero-order valence-corrected chi connectivity index (χ0v) is 21.8. The van der Waals surface area contributed by atoms with Gasteiger partial charge in [-0.05, 0) is 63.3 Å². The molecule has 1 N–H and O–H groups in total. The summed E-state index contributed by atoms with van der Waals surface area (Å²) in [4.78, 5) is 17.1. The van der Waals surface area contributed by atoms with Crippen molar-refractivity contribution in [1.82, 2.24) is 10.3 Å². The van der Waals surface area contributed by atoms with Gasteiger partial charge in [0.1, 0.15) is 32.4 Å². The maximum Gasteiger partial charge on any atom is 0.416 e. The fraction of sp³-hybridized carbons (Fsp3) is 0.385. The predicted octanol–water partition coefficient (Wildman–Crippen LogP) is 6.59. The molecule has 4 rings (SSSR count). The molecule has 0 unspecified atom stereocenters. The Morgan fingerprint density at radius 1 is 1.32 bits per heavy atom. The minimum Gasteiger partial charge on any atom is -0.489 e. The van der Waals surface area contributed by atoms with Crippen LogP contribution in [0.15, 0.2) is 35.4 Å². The fourth-order valence-electron chi connectivity index (χ4n) is 4.10. The van der Waals surface area contributed by atoms with Crippen molar-refractivity contribution in [2.75, 3.05) is 0 Å². The maximum atomic E-state index is 13.5. The lowest BCUT2D eigenvalue weighted by atomic mass is 9.98. The third-order valence-electron chi connectivity index (χ3n) is 6.15. The van der Waals surface area contributed by atoms with Crippen molar-refractivity contribution >= 4 is 40.0 Å². The molecule has 6 nitrogen and oxygen atoms in total. The summed E-state index contributed by atoms with van der Waals surface area (Å²) >= 11 is 6.19. The molecule has 0 spiro atoms. The number of thiocarbonyl (C=S) groups is 1. The van der Waals surface area contributed by atoms with E-state index in [2.05, 4.69) is 16.4 Å². The van der Waals surface area contributed by atoms with Crippen molar-refractivity contribution in [2.24, 2.45) is 0 Å². The van der Waals surface area contributed by atoms with Crippen molar-refractivity contribution < 1.29 is 27.4 Å². The average molecular weight is 548 g/mol. The van der Waals surface area contributed by atoms with Crippen molar-refractivity contribution in [1.29, 1.82) is 5.26 Å². The molecule has 1 saturated heterocycles. The highest BCUT2D eigenvalue weighted by Gasteiger charge is 2.33. The van der Waals surface area contributed by atoms with Gasteiger partial charge in [-0.3, -0.25) is 9.78 Å². The van der Waals surface area contributed by atoms with E-state index < -0.39 is 17.6 Å². The molecule has 37 heavy (non-hydrogen) atoms. The Labute approximate surface area is 222 Å². The standard InChI is InChI=1S/C26H24F3N3O3S2/c1-3-14(2)34-22(23-24(33)32-25(36)37-23)15-10-18(20-12-16(8-9-31-20)26(27,28)29)19(13-30)21(11-15)35-17-6-4-5-7-17/h8-12,14,17H,3-7H2,1-2H3,(H,32,33,36)/b23-22+/t14-/m1/s1. The van der Waals surface area contributed by atoms with Gasteiger partial charge in [-0.15, -0.1) is 0 Å². The number of halogens is 3. The minimum atomic E-state index is -4.59. The molecule has 2 aromatic rings. The smallest absolute Gasteiger partial charge is 0.416 e. The van der Waals surface area contributed by atoms with Crippen LogP contribution in [0.3, 0.4) is 0 Å². The number of nitriles is 1. The highest BCUT2D eigenvalue weighted by atomic mass is 32.2. The number of hydrogen-bond acceptors (Lipinski definition) is 7. The molecule has 1 aromatic heterocycles. The zero-order chi connectivity index (χ0) is 26.7. The number of benzene rings is 1. The first-order valence-electron chi connectivity index (χ1n) is 11.8.